The maximum absolute atomic E-state index is 12.1. The van der Waals surface area contributed by atoms with Gasteiger partial charge in [-0.15, -0.1) is 0 Å². The van der Waals surface area contributed by atoms with Gasteiger partial charge in [-0.3, -0.25) is 4.79 Å². The molecule has 3 rings (SSSR count). The summed E-state index contributed by atoms with van der Waals surface area (Å²) in [6.45, 7) is 1.59. The molecule has 2 amide bonds. The van der Waals surface area contributed by atoms with Gasteiger partial charge in [-0.05, 0) is 47.0 Å². The van der Waals surface area contributed by atoms with E-state index in [1.54, 1.807) is 23.1 Å². The average Bonchev–Trinajstić information content (AvgIpc) is 2.69. The van der Waals surface area contributed by atoms with Gasteiger partial charge in [0.25, 0.3) is 0 Å². The van der Waals surface area contributed by atoms with Crippen LogP contribution in [-0.2, 0) is 11.3 Å². The molecule has 4 N–H and O–H groups in total. The molecule has 1 atom stereocenters. The molecule has 8 heteroatoms. The molecule has 2 aromatic carbocycles. The van der Waals surface area contributed by atoms with Gasteiger partial charge >= 0.3 is 6.09 Å². The minimum absolute atomic E-state index is 0.0913. The van der Waals surface area contributed by atoms with E-state index in [4.69, 9.17) is 27.8 Å². The van der Waals surface area contributed by atoms with Crippen LogP contribution in [0, 0.1) is 5.92 Å². The summed E-state index contributed by atoms with van der Waals surface area (Å²) in [4.78, 5) is 25.4. The summed E-state index contributed by atoms with van der Waals surface area (Å²) in [5.74, 6) is -0.441. The van der Waals surface area contributed by atoms with E-state index in [0.29, 0.717) is 36.8 Å². The number of benzene rings is 2. The third-order valence-corrected chi connectivity index (χ3v) is 5.53. The van der Waals surface area contributed by atoms with Crippen LogP contribution in [0.25, 0.3) is 12.2 Å². The first-order valence-electron chi connectivity index (χ1n) is 9.04. The van der Waals surface area contributed by atoms with E-state index in [2.05, 4.69) is 15.9 Å². The van der Waals surface area contributed by atoms with E-state index >= 15 is 0 Å². The number of carbonyl (C=O) groups excluding carboxylic acids is 2. The van der Waals surface area contributed by atoms with Crippen molar-refractivity contribution in [2.75, 3.05) is 19.7 Å². The van der Waals surface area contributed by atoms with Crippen molar-refractivity contribution < 1.29 is 14.3 Å². The largest absolute Gasteiger partial charge is 0.449 e. The van der Waals surface area contributed by atoms with Crippen molar-refractivity contribution in [2.45, 2.75) is 6.54 Å². The molecule has 1 aliphatic rings. The number of carbonyl (C=O) groups is 2. The van der Waals surface area contributed by atoms with Crippen molar-refractivity contribution in [3.05, 3.63) is 68.1 Å². The first-order chi connectivity index (χ1) is 13.9. The SMILES string of the molecule is NCC1COC(=O)N(Cc2cc(/C=C/c3ccc(Cl)cc3Br)cc(C(N)=O)c2)C1. The molecule has 1 fully saturated rings. The standard InChI is InChI=1S/C21H21BrClN3O3/c22-19-8-18(23)4-3-16(19)2-1-13-5-14(7-17(6-13)20(25)27)10-26-11-15(9-24)12-29-21(26)28/h1-8,15H,9-12,24H2,(H2,25,27)/b2-1+. The minimum atomic E-state index is -0.532. The number of nitrogens with two attached hydrogens (primary N) is 2. The first-order valence-corrected chi connectivity index (χ1v) is 10.2. The quantitative estimate of drug-likeness (QED) is 0.615. The van der Waals surface area contributed by atoms with Crippen LogP contribution in [0.1, 0.15) is 27.0 Å². The molecule has 1 heterocycles. The Morgan fingerprint density at radius 3 is 2.76 bits per heavy atom. The molecule has 152 valence electrons. The number of primary amides is 1. The van der Waals surface area contributed by atoms with Crippen LogP contribution in [0.15, 0.2) is 40.9 Å². The number of halogens is 2. The lowest BCUT2D eigenvalue weighted by Crippen LogP contribution is -2.44. The number of hydrogen-bond donors (Lipinski definition) is 2. The summed E-state index contributed by atoms with van der Waals surface area (Å²) < 4.78 is 6.05. The lowest BCUT2D eigenvalue weighted by molar-refractivity contribution is 0.0425. The molecule has 1 aliphatic heterocycles. The van der Waals surface area contributed by atoms with Crippen LogP contribution < -0.4 is 11.5 Å². The van der Waals surface area contributed by atoms with Crippen molar-refractivity contribution in [1.29, 1.82) is 0 Å². The summed E-state index contributed by atoms with van der Waals surface area (Å²) in [7, 11) is 0. The molecule has 0 bridgehead atoms. The zero-order valence-electron chi connectivity index (χ0n) is 15.6. The molecule has 0 aromatic heterocycles. The van der Waals surface area contributed by atoms with Crippen molar-refractivity contribution in [2.24, 2.45) is 17.4 Å². The fraction of sp³-hybridized carbons (Fsp3) is 0.238. The summed E-state index contributed by atoms with van der Waals surface area (Å²) in [6, 6.07) is 10.8. The van der Waals surface area contributed by atoms with Crippen molar-refractivity contribution in [3.8, 4) is 0 Å². The third-order valence-electron chi connectivity index (χ3n) is 4.60. The molecule has 2 aromatic rings. The van der Waals surface area contributed by atoms with Crippen molar-refractivity contribution >= 4 is 51.7 Å². The lowest BCUT2D eigenvalue weighted by atomic mass is 10.0. The molecular weight excluding hydrogens is 458 g/mol. The lowest BCUT2D eigenvalue weighted by Gasteiger charge is -2.31. The fourth-order valence-electron chi connectivity index (χ4n) is 3.08. The maximum atomic E-state index is 12.1. The maximum Gasteiger partial charge on any atom is 0.410 e. The van der Waals surface area contributed by atoms with Gasteiger partial charge in [-0.1, -0.05) is 45.7 Å². The zero-order valence-corrected chi connectivity index (χ0v) is 17.9. The number of amides is 2. The highest BCUT2D eigenvalue weighted by atomic mass is 79.9. The molecule has 0 saturated carbocycles. The van der Waals surface area contributed by atoms with Gasteiger partial charge in [0.05, 0.1) is 6.61 Å². The summed E-state index contributed by atoms with van der Waals surface area (Å²) in [5.41, 5.74) is 14.1. The van der Waals surface area contributed by atoms with Crippen LogP contribution in [0.3, 0.4) is 0 Å². The van der Waals surface area contributed by atoms with Gasteiger partial charge in [0, 0.05) is 40.6 Å². The topological polar surface area (TPSA) is 98.7 Å². The van der Waals surface area contributed by atoms with Crippen molar-refractivity contribution in [3.63, 3.8) is 0 Å². The Morgan fingerprint density at radius 2 is 2.07 bits per heavy atom. The molecule has 1 unspecified atom stereocenters. The number of hydrogen-bond acceptors (Lipinski definition) is 4. The average molecular weight is 479 g/mol. The second kappa shape index (κ2) is 9.43. The highest BCUT2D eigenvalue weighted by molar-refractivity contribution is 9.10. The van der Waals surface area contributed by atoms with Gasteiger partial charge in [-0.2, -0.15) is 0 Å². The van der Waals surface area contributed by atoms with Gasteiger partial charge in [0.2, 0.25) is 5.91 Å². The van der Waals surface area contributed by atoms with Crippen molar-refractivity contribution in [1.82, 2.24) is 4.90 Å². The molecule has 0 spiro atoms. The minimum Gasteiger partial charge on any atom is -0.449 e. The van der Waals surface area contributed by atoms with Crippen LogP contribution in [0.5, 0.6) is 0 Å². The monoisotopic (exact) mass is 477 g/mol. The molecule has 29 heavy (non-hydrogen) atoms. The summed E-state index contributed by atoms with van der Waals surface area (Å²) in [6.07, 6.45) is 3.40. The Labute approximate surface area is 182 Å². The molecular formula is C21H21BrClN3O3. The van der Waals surface area contributed by atoms with Crippen LogP contribution in [0.2, 0.25) is 5.02 Å². The third kappa shape index (κ3) is 5.59. The van der Waals surface area contributed by atoms with E-state index < -0.39 is 5.91 Å². The van der Waals surface area contributed by atoms with Gasteiger partial charge in [0.1, 0.15) is 0 Å². The van der Waals surface area contributed by atoms with Crippen LogP contribution in [-0.4, -0.2) is 36.6 Å². The summed E-state index contributed by atoms with van der Waals surface area (Å²) in [5, 5.41) is 0.635. The van der Waals surface area contributed by atoms with E-state index in [1.165, 1.54) is 0 Å². The highest BCUT2D eigenvalue weighted by Crippen LogP contribution is 2.24. The molecule has 0 radical (unpaired) electrons. The summed E-state index contributed by atoms with van der Waals surface area (Å²) >= 11 is 9.46. The highest BCUT2D eigenvalue weighted by Gasteiger charge is 2.26. The Balaban J connectivity index is 1.86. The normalized spacial score (nSPS) is 16.9. The smallest absolute Gasteiger partial charge is 0.410 e. The molecule has 6 nitrogen and oxygen atoms in total. The Bertz CT molecular complexity index is 964. The number of nitrogens with zero attached hydrogens (tertiary/aromatic N) is 1. The predicted molar refractivity (Wildman–Crippen MR) is 117 cm³/mol. The van der Waals surface area contributed by atoms with E-state index in [9.17, 15) is 9.59 Å². The second-order valence-electron chi connectivity index (χ2n) is 6.89. The van der Waals surface area contributed by atoms with Gasteiger partial charge in [0.15, 0.2) is 0 Å². The second-order valence-corrected chi connectivity index (χ2v) is 8.18. The number of ether oxygens (including phenoxy) is 1. The van der Waals surface area contributed by atoms with Gasteiger partial charge in [-0.25, -0.2) is 4.79 Å². The molecule has 0 aliphatic carbocycles. The first kappa shape index (κ1) is 21.4. The zero-order chi connectivity index (χ0) is 21.0. The molecule has 1 saturated heterocycles. The number of rotatable bonds is 6. The van der Waals surface area contributed by atoms with E-state index in [1.807, 2.05) is 30.4 Å². The van der Waals surface area contributed by atoms with Gasteiger partial charge < -0.3 is 21.1 Å². The Hall–Kier alpha value is -2.35. The van der Waals surface area contributed by atoms with E-state index in [-0.39, 0.29) is 12.0 Å². The number of cyclic esters (lactones) is 1. The van der Waals surface area contributed by atoms with Crippen LogP contribution in [0.4, 0.5) is 4.79 Å². The Morgan fingerprint density at radius 1 is 1.28 bits per heavy atom. The van der Waals surface area contributed by atoms with E-state index in [0.717, 1.165) is 21.2 Å². The predicted octanol–water partition coefficient (Wildman–Crippen LogP) is 3.90. The Kier molecular flexibility index (Phi) is 6.95. The van der Waals surface area contributed by atoms with Crippen LogP contribution >= 0.6 is 27.5 Å². The fourth-order valence-corrected chi connectivity index (χ4v) is 3.90.